The van der Waals surface area contributed by atoms with Crippen LogP contribution in [0.3, 0.4) is 0 Å². The van der Waals surface area contributed by atoms with Crippen molar-refractivity contribution in [3.05, 3.63) is 33.8 Å². The van der Waals surface area contributed by atoms with Gasteiger partial charge in [-0.15, -0.1) is 0 Å². The third-order valence-corrected chi connectivity index (χ3v) is 2.85. The van der Waals surface area contributed by atoms with Crippen LogP contribution in [0.5, 0.6) is 0 Å². The van der Waals surface area contributed by atoms with E-state index in [1.807, 2.05) is 0 Å². The third-order valence-electron chi connectivity index (χ3n) is 2.11. The molecule has 1 saturated heterocycles. The molecule has 0 radical (unpaired) electrons. The Labute approximate surface area is 108 Å². The largest absolute Gasteiger partial charge is 0.391 e. The van der Waals surface area contributed by atoms with E-state index >= 15 is 0 Å². The molecule has 90 valence electrons. The van der Waals surface area contributed by atoms with Gasteiger partial charge in [-0.3, -0.25) is 10.2 Å². The fourth-order valence-electron chi connectivity index (χ4n) is 1.25. The minimum Gasteiger partial charge on any atom is -0.391 e. The molecule has 5 nitrogen and oxygen atoms in total. The Bertz CT molecular complexity index is 477. The normalized spacial score (nSPS) is 17.3. The number of nitrogens with one attached hydrogen (secondary N) is 2. The standard InChI is InChI=1S/C10H9Cl2N3O2/c11-7-2-1-6(3-8(7)12)5-17-15-9-4-13-14-10(9)16/h1-3,13H,4-5H2,(H,14,16). The maximum atomic E-state index is 11.1. The molecule has 1 aromatic carbocycles. The van der Waals surface area contributed by atoms with Gasteiger partial charge in [0.2, 0.25) is 0 Å². The van der Waals surface area contributed by atoms with Gasteiger partial charge >= 0.3 is 0 Å². The van der Waals surface area contributed by atoms with Crippen LogP contribution in [0.4, 0.5) is 0 Å². The molecule has 0 spiro atoms. The van der Waals surface area contributed by atoms with Gasteiger partial charge < -0.3 is 4.84 Å². The van der Waals surface area contributed by atoms with Crippen LogP contribution in [0.15, 0.2) is 23.4 Å². The maximum Gasteiger partial charge on any atom is 0.284 e. The Morgan fingerprint density at radius 3 is 2.82 bits per heavy atom. The van der Waals surface area contributed by atoms with E-state index in [0.717, 1.165) is 5.56 Å². The van der Waals surface area contributed by atoms with Crippen molar-refractivity contribution in [1.29, 1.82) is 0 Å². The maximum absolute atomic E-state index is 11.1. The molecule has 2 N–H and O–H groups in total. The fraction of sp³-hybridized carbons (Fsp3) is 0.200. The lowest BCUT2D eigenvalue weighted by molar-refractivity contribution is -0.114. The van der Waals surface area contributed by atoms with Crippen LogP contribution in [0.25, 0.3) is 0 Å². The number of oxime groups is 1. The topological polar surface area (TPSA) is 62.7 Å². The van der Waals surface area contributed by atoms with E-state index in [-0.39, 0.29) is 12.5 Å². The summed E-state index contributed by atoms with van der Waals surface area (Å²) in [6, 6.07) is 5.15. The second-order valence-corrected chi connectivity index (χ2v) is 4.18. The summed E-state index contributed by atoms with van der Waals surface area (Å²) in [5.74, 6) is -0.279. The van der Waals surface area contributed by atoms with Gasteiger partial charge in [-0.05, 0) is 17.7 Å². The number of amides is 1. The van der Waals surface area contributed by atoms with Crippen LogP contribution < -0.4 is 10.9 Å². The molecule has 1 fully saturated rings. The fourth-order valence-corrected chi connectivity index (χ4v) is 1.57. The summed E-state index contributed by atoms with van der Waals surface area (Å²) in [7, 11) is 0. The number of hydrogen-bond donors (Lipinski definition) is 2. The van der Waals surface area contributed by atoms with E-state index in [1.165, 1.54) is 0 Å². The molecule has 17 heavy (non-hydrogen) atoms. The van der Waals surface area contributed by atoms with Crippen molar-refractivity contribution in [3.8, 4) is 0 Å². The molecular formula is C10H9Cl2N3O2. The number of hydrazine groups is 1. The monoisotopic (exact) mass is 273 g/mol. The van der Waals surface area contributed by atoms with Gasteiger partial charge in [0.25, 0.3) is 5.91 Å². The third kappa shape index (κ3) is 3.09. The molecule has 7 heteroatoms. The zero-order valence-electron chi connectivity index (χ0n) is 8.67. The van der Waals surface area contributed by atoms with Crippen molar-refractivity contribution in [2.24, 2.45) is 5.16 Å². The highest BCUT2D eigenvalue weighted by Gasteiger charge is 2.18. The molecule has 2 rings (SSSR count). The highest BCUT2D eigenvalue weighted by Crippen LogP contribution is 2.22. The van der Waals surface area contributed by atoms with Gasteiger partial charge in [0, 0.05) is 0 Å². The van der Waals surface area contributed by atoms with Crippen LogP contribution in [0, 0.1) is 0 Å². The average Bonchev–Trinajstić information content (AvgIpc) is 2.70. The van der Waals surface area contributed by atoms with Crippen molar-refractivity contribution >= 4 is 34.8 Å². The molecular weight excluding hydrogens is 265 g/mol. The van der Waals surface area contributed by atoms with Crippen molar-refractivity contribution in [3.63, 3.8) is 0 Å². The van der Waals surface area contributed by atoms with Crippen LogP contribution in [-0.4, -0.2) is 18.2 Å². The molecule has 0 bridgehead atoms. The molecule has 0 atom stereocenters. The molecule has 1 heterocycles. The van der Waals surface area contributed by atoms with Gasteiger partial charge in [0.1, 0.15) is 6.61 Å². The molecule has 0 aliphatic carbocycles. The molecule has 1 aromatic rings. The summed E-state index contributed by atoms with van der Waals surface area (Å²) in [4.78, 5) is 16.1. The Morgan fingerprint density at radius 1 is 1.35 bits per heavy atom. The number of nitrogens with zero attached hydrogens (tertiary/aromatic N) is 1. The van der Waals surface area contributed by atoms with Crippen molar-refractivity contribution < 1.29 is 9.63 Å². The summed E-state index contributed by atoms with van der Waals surface area (Å²) in [5, 5.41) is 4.66. The van der Waals surface area contributed by atoms with Gasteiger partial charge in [0.05, 0.1) is 16.6 Å². The van der Waals surface area contributed by atoms with Gasteiger partial charge in [-0.1, -0.05) is 34.4 Å². The zero-order valence-corrected chi connectivity index (χ0v) is 10.2. The number of hydrogen-bond acceptors (Lipinski definition) is 4. The van der Waals surface area contributed by atoms with Gasteiger partial charge in [0.15, 0.2) is 5.71 Å². The van der Waals surface area contributed by atoms with Crippen molar-refractivity contribution in [1.82, 2.24) is 10.9 Å². The first-order chi connectivity index (χ1) is 8.16. The molecule has 1 amide bonds. The Hall–Kier alpha value is -1.30. The average molecular weight is 274 g/mol. The molecule has 0 unspecified atom stereocenters. The number of rotatable bonds is 3. The first-order valence-electron chi connectivity index (χ1n) is 4.83. The Balaban J connectivity index is 1.94. The van der Waals surface area contributed by atoms with E-state index in [4.69, 9.17) is 28.0 Å². The molecule has 1 aliphatic rings. The summed E-state index contributed by atoms with van der Waals surface area (Å²) in [6.45, 7) is 0.577. The predicted molar refractivity (Wildman–Crippen MR) is 64.8 cm³/mol. The van der Waals surface area contributed by atoms with Crippen LogP contribution in [-0.2, 0) is 16.2 Å². The second-order valence-electron chi connectivity index (χ2n) is 3.37. The minimum atomic E-state index is -0.279. The lowest BCUT2D eigenvalue weighted by Gasteiger charge is -2.02. The number of carbonyl (C=O) groups excluding carboxylic acids is 1. The quantitative estimate of drug-likeness (QED) is 0.821. The van der Waals surface area contributed by atoms with Crippen LogP contribution in [0.2, 0.25) is 10.0 Å². The first kappa shape index (κ1) is 12.2. The minimum absolute atomic E-state index is 0.230. The van der Waals surface area contributed by atoms with Gasteiger partial charge in [-0.2, -0.15) is 0 Å². The lowest BCUT2D eigenvalue weighted by Crippen LogP contribution is -2.26. The number of benzene rings is 1. The van der Waals surface area contributed by atoms with Crippen LogP contribution >= 0.6 is 23.2 Å². The van der Waals surface area contributed by atoms with E-state index in [1.54, 1.807) is 18.2 Å². The van der Waals surface area contributed by atoms with Crippen molar-refractivity contribution in [2.75, 3.05) is 6.54 Å². The first-order valence-corrected chi connectivity index (χ1v) is 5.58. The van der Waals surface area contributed by atoms with E-state index in [2.05, 4.69) is 16.0 Å². The summed E-state index contributed by atoms with van der Waals surface area (Å²) in [5.41, 5.74) is 6.17. The Kier molecular flexibility index (Phi) is 3.83. The van der Waals surface area contributed by atoms with E-state index in [9.17, 15) is 4.79 Å². The zero-order chi connectivity index (χ0) is 12.3. The summed E-state index contributed by atoms with van der Waals surface area (Å²) >= 11 is 11.6. The second kappa shape index (κ2) is 5.35. The summed E-state index contributed by atoms with van der Waals surface area (Å²) in [6.07, 6.45) is 0. The molecule has 0 aromatic heterocycles. The van der Waals surface area contributed by atoms with E-state index in [0.29, 0.717) is 22.3 Å². The number of carbonyl (C=O) groups is 1. The number of halogens is 2. The van der Waals surface area contributed by atoms with E-state index < -0.39 is 0 Å². The van der Waals surface area contributed by atoms with Crippen LogP contribution in [0.1, 0.15) is 5.56 Å². The lowest BCUT2D eigenvalue weighted by atomic mass is 10.2. The Morgan fingerprint density at radius 2 is 2.18 bits per heavy atom. The molecule has 1 aliphatic heterocycles. The van der Waals surface area contributed by atoms with Gasteiger partial charge in [-0.25, -0.2) is 5.43 Å². The summed E-state index contributed by atoms with van der Waals surface area (Å²) < 4.78 is 0. The molecule has 0 saturated carbocycles. The predicted octanol–water partition coefficient (Wildman–Crippen LogP) is 1.50. The SMILES string of the molecule is O=C1NNCC1=NOCc1ccc(Cl)c(Cl)c1. The highest BCUT2D eigenvalue weighted by atomic mass is 35.5. The van der Waals surface area contributed by atoms with Crippen molar-refractivity contribution in [2.45, 2.75) is 6.61 Å². The highest BCUT2D eigenvalue weighted by molar-refractivity contribution is 6.42. The smallest absolute Gasteiger partial charge is 0.284 e.